The van der Waals surface area contributed by atoms with Gasteiger partial charge in [-0.15, -0.1) is 0 Å². The Balaban J connectivity index is 1.53. The number of benzene rings is 1. The first-order valence-electron chi connectivity index (χ1n) is 10.1. The molecule has 0 aliphatic carbocycles. The SMILES string of the molecule is Cc1ccc(CNC(=O)[C@@H](C)OC(=O)CCc2c(C)nc3cc(C)nn3c2C)cc1. The third-order valence-electron chi connectivity index (χ3n) is 5.13. The minimum Gasteiger partial charge on any atom is -0.453 e. The average Bonchev–Trinajstić information content (AvgIpc) is 3.07. The van der Waals surface area contributed by atoms with Gasteiger partial charge in [-0.05, 0) is 52.2 Å². The van der Waals surface area contributed by atoms with Crippen LogP contribution in [0, 0.1) is 27.7 Å². The average molecular weight is 409 g/mol. The molecule has 1 aromatic carbocycles. The number of nitrogens with zero attached hydrogens (tertiary/aromatic N) is 3. The second-order valence-electron chi connectivity index (χ2n) is 7.65. The summed E-state index contributed by atoms with van der Waals surface area (Å²) in [5, 5.41) is 7.25. The van der Waals surface area contributed by atoms with Crippen LogP contribution < -0.4 is 5.32 Å². The Morgan fingerprint density at radius 3 is 2.53 bits per heavy atom. The zero-order valence-corrected chi connectivity index (χ0v) is 18.2. The third-order valence-corrected chi connectivity index (χ3v) is 5.13. The maximum Gasteiger partial charge on any atom is 0.306 e. The van der Waals surface area contributed by atoms with Crippen molar-refractivity contribution in [1.82, 2.24) is 19.9 Å². The number of rotatable bonds is 7. The number of amides is 1. The number of fused-ring (bicyclic) bond motifs is 1. The van der Waals surface area contributed by atoms with Gasteiger partial charge in [0.1, 0.15) is 0 Å². The lowest BCUT2D eigenvalue weighted by atomic mass is 10.1. The smallest absolute Gasteiger partial charge is 0.306 e. The molecule has 1 amide bonds. The molecular formula is C23H28N4O3. The van der Waals surface area contributed by atoms with E-state index in [2.05, 4.69) is 15.4 Å². The van der Waals surface area contributed by atoms with Gasteiger partial charge in [-0.25, -0.2) is 9.50 Å². The summed E-state index contributed by atoms with van der Waals surface area (Å²) in [6, 6.07) is 9.83. The Morgan fingerprint density at radius 2 is 1.83 bits per heavy atom. The highest BCUT2D eigenvalue weighted by Crippen LogP contribution is 2.17. The highest BCUT2D eigenvalue weighted by molar-refractivity contribution is 5.83. The van der Waals surface area contributed by atoms with Crippen molar-refractivity contribution in [2.24, 2.45) is 0 Å². The molecule has 0 radical (unpaired) electrons. The van der Waals surface area contributed by atoms with E-state index in [4.69, 9.17) is 4.74 Å². The van der Waals surface area contributed by atoms with Crippen molar-refractivity contribution in [3.8, 4) is 0 Å². The third kappa shape index (κ3) is 5.03. The predicted octanol–water partition coefficient (Wildman–Crippen LogP) is 3.14. The monoisotopic (exact) mass is 408 g/mol. The number of ether oxygens (including phenoxy) is 1. The highest BCUT2D eigenvalue weighted by Gasteiger charge is 2.19. The summed E-state index contributed by atoms with van der Waals surface area (Å²) in [6.07, 6.45) is -0.194. The van der Waals surface area contributed by atoms with Crippen LogP contribution in [0.4, 0.5) is 0 Å². The molecule has 0 aliphatic heterocycles. The molecule has 0 bridgehead atoms. The van der Waals surface area contributed by atoms with Crippen LogP contribution in [0.15, 0.2) is 30.3 Å². The zero-order valence-electron chi connectivity index (χ0n) is 18.2. The van der Waals surface area contributed by atoms with Crippen LogP contribution in [0.3, 0.4) is 0 Å². The number of hydrogen-bond acceptors (Lipinski definition) is 5. The molecule has 2 heterocycles. The van der Waals surface area contributed by atoms with Gasteiger partial charge in [0.05, 0.1) is 5.69 Å². The van der Waals surface area contributed by atoms with Crippen LogP contribution >= 0.6 is 0 Å². The molecule has 0 spiro atoms. The number of esters is 1. The standard InChI is InChI=1S/C23H28N4O3/c1-14-6-8-19(9-7-14)13-24-23(29)18(5)30-22(28)11-10-20-16(3)25-21-12-15(2)26-27(21)17(20)4/h6-9,12,18H,10-11,13H2,1-5H3,(H,24,29)/t18-/m1/s1. The van der Waals surface area contributed by atoms with Crippen LogP contribution in [0.2, 0.25) is 0 Å². The molecule has 3 rings (SSSR count). The molecule has 3 aromatic rings. The van der Waals surface area contributed by atoms with Gasteiger partial charge in [0.15, 0.2) is 11.8 Å². The van der Waals surface area contributed by atoms with E-state index in [1.807, 2.05) is 58.0 Å². The van der Waals surface area contributed by atoms with E-state index in [0.717, 1.165) is 39.4 Å². The lowest BCUT2D eigenvalue weighted by molar-refractivity contribution is -0.154. The normalized spacial score (nSPS) is 12.0. The Labute approximate surface area is 176 Å². The van der Waals surface area contributed by atoms with Crippen LogP contribution in [0.1, 0.15) is 47.1 Å². The van der Waals surface area contributed by atoms with Gasteiger partial charge in [-0.3, -0.25) is 9.59 Å². The molecule has 0 unspecified atom stereocenters. The maximum atomic E-state index is 12.3. The van der Waals surface area contributed by atoms with Gasteiger partial charge in [-0.1, -0.05) is 29.8 Å². The second kappa shape index (κ2) is 9.07. The van der Waals surface area contributed by atoms with Gasteiger partial charge in [0.25, 0.3) is 5.91 Å². The van der Waals surface area contributed by atoms with E-state index < -0.39 is 12.1 Å². The largest absolute Gasteiger partial charge is 0.453 e. The molecule has 7 nitrogen and oxygen atoms in total. The second-order valence-corrected chi connectivity index (χ2v) is 7.65. The number of aryl methyl sites for hydroxylation is 4. The lowest BCUT2D eigenvalue weighted by Gasteiger charge is -2.15. The van der Waals surface area contributed by atoms with E-state index in [1.165, 1.54) is 0 Å². The molecule has 1 N–H and O–H groups in total. The van der Waals surface area contributed by atoms with Crippen molar-refractivity contribution in [3.05, 3.63) is 64.1 Å². The summed E-state index contributed by atoms with van der Waals surface area (Å²) in [6.45, 7) is 9.81. The van der Waals surface area contributed by atoms with Gasteiger partial charge >= 0.3 is 5.97 Å². The number of carbonyl (C=O) groups excluding carboxylic acids is 2. The zero-order chi connectivity index (χ0) is 21.8. The van der Waals surface area contributed by atoms with Gasteiger partial charge in [0, 0.05) is 30.4 Å². The summed E-state index contributed by atoms with van der Waals surface area (Å²) >= 11 is 0. The summed E-state index contributed by atoms with van der Waals surface area (Å²) in [5.41, 5.74) is 6.66. The molecule has 0 fully saturated rings. The lowest BCUT2D eigenvalue weighted by Crippen LogP contribution is -2.35. The van der Waals surface area contributed by atoms with Gasteiger partial charge in [-0.2, -0.15) is 5.10 Å². The van der Waals surface area contributed by atoms with Crippen LogP contribution in [-0.2, 0) is 27.3 Å². The van der Waals surface area contributed by atoms with E-state index in [-0.39, 0.29) is 12.3 Å². The van der Waals surface area contributed by atoms with Crippen LogP contribution in [0.5, 0.6) is 0 Å². The Bertz CT molecular complexity index is 1070. The van der Waals surface area contributed by atoms with E-state index in [0.29, 0.717) is 13.0 Å². The Morgan fingerprint density at radius 1 is 1.13 bits per heavy atom. The first-order chi connectivity index (χ1) is 14.2. The molecule has 0 aliphatic rings. The van der Waals surface area contributed by atoms with Crippen LogP contribution in [0.25, 0.3) is 5.65 Å². The van der Waals surface area contributed by atoms with Gasteiger partial charge in [0.2, 0.25) is 0 Å². The van der Waals surface area contributed by atoms with Crippen molar-refractivity contribution in [2.45, 2.75) is 60.1 Å². The van der Waals surface area contributed by atoms with Crippen molar-refractivity contribution < 1.29 is 14.3 Å². The van der Waals surface area contributed by atoms with Crippen molar-refractivity contribution in [1.29, 1.82) is 0 Å². The number of hydrogen-bond donors (Lipinski definition) is 1. The number of nitrogens with one attached hydrogen (secondary N) is 1. The Hall–Kier alpha value is -3.22. The summed E-state index contributed by atoms with van der Waals surface area (Å²) in [4.78, 5) is 29.1. The molecule has 158 valence electrons. The molecular weight excluding hydrogens is 380 g/mol. The minimum absolute atomic E-state index is 0.171. The molecule has 1 atom stereocenters. The molecule has 2 aromatic heterocycles. The van der Waals surface area contributed by atoms with Crippen molar-refractivity contribution in [2.75, 3.05) is 0 Å². The van der Waals surface area contributed by atoms with E-state index in [1.54, 1.807) is 11.4 Å². The van der Waals surface area contributed by atoms with Crippen molar-refractivity contribution in [3.63, 3.8) is 0 Å². The molecule has 7 heteroatoms. The highest BCUT2D eigenvalue weighted by atomic mass is 16.5. The number of carbonyl (C=O) groups is 2. The topological polar surface area (TPSA) is 85.6 Å². The summed E-state index contributed by atoms with van der Waals surface area (Å²) < 4.78 is 7.11. The minimum atomic E-state index is -0.848. The first kappa shape index (κ1) is 21.5. The summed E-state index contributed by atoms with van der Waals surface area (Å²) in [7, 11) is 0. The van der Waals surface area contributed by atoms with Crippen molar-refractivity contribution >= 4 is 17.5 Å². The summed E-state index contributed by atoms with van der Waals surface area (Å²) in [5.74, 6) is -0.727. The van der Waals surface area contributed by atoms with E-state index in [9.17, 15) is 9.59 Å². The van der Waals surface area contributed by atoms with Gasteiger partial charge < -0.3 is 10.1 Å². The maximum absolute atomic E-state index is 12.3. The fourth-order valence-corrected chi connectivity index (χ4v) is 3.38. The molecule has 30 heavy (non-hydrogen) atoms. The quantitative estimate of drug-likeness (QED) is 0.607. The molecule has 0 saturated carbocycles. The Kier molecular flexibility index (Phi) is 6.50. The predicted molar refractivity (Wildman–Crippen MR) is 114 cm³/mol. The fraction of sp³-hybridized carbons (Fsp3) is 0.391. The first-order valence-corrected chi connectivity index (χ1v) is 10.1. The molecule has 0 saturated heterocycles. The van der Waals surface area contributed by atoms with Crippen LogP contribution in [-0.4, -0.2) is 32.6 Å². The fourth-order valence-electron chi connectivity index (χ4n) is 3.38. The van der Waals surface area contributed by atoms with E-state index >= 15 is 0 Å². The number of aromatic nitrogens is 3.